The molecule has 4 N–H and O–H groups in total. The molecule has 8 nitrogen and oxygen atoms in total. The first-order chi connectivity index (χ1) is 8.23. The summed E-state index contributed by atoms with van der Waals surface area (Å²) in [6.07, 6.45) is -0.728. The van der Waals surface area contributed by atoms with Crippen molar-refractivity contribution in [3.63, 3.8) is 0 Å². The molecule has 0 aromatic heterocycles. The lowest BCUT2D eigenvalue weighted by molar-refractivity contribution is -0.200. The molecule has 1 saturated carbocycles. The Morgan fingerprint density at radius 2 is 0.842 bits per heavy atom. The molecular formula is C10H13ClO8. The first-order valence-electron chi connectivity index (χ1n) is 5.17. The van der Waals surface area contributed by atoms with Crippen molar-refractivity contribution in [1.82, 2.24) is 0 Å². The van der Waals surface area contributed by atoms with Crippen molar-refractivity contribution >= 4 is 36.3 Å². The van der Waals surface area contributed by atoms with Gasteiger partial charge in [0.2, 0.25) is 0 Å². The summed E-state index contributed by atoms with van der Waals surface area (Å²) in [5.74, 6) is -7.72. The van der Waals surface area contributed by atoms with Crippen LogP contribution in [0, 0.1) is 10.8 Å². The average Bonchev–Trinajstić information content (AvgIpc) is 2.27. The van der Waals surface area contributed by atoms with Crippen molar-refractivity contribution in [1.29, 1.82) is 0 Å². The van der Waals surface area contributed by atoms with Crippen molar-refractivity contribution in [2.45, 2.75) is 25.7 Å². The number of carboxylic acid groups (broad SMARTS) is 4. The number of rotatable bonds is 4. The smallest absolute Gasteiger partial charge is 0.322 e. The largest absolute Gasteiger partial charge is 0.480 e. The van der Waals surface area contributed by atoms with Crippen LogP contribution in [0.4, 0.5) is 0 Å². The number of aliphatic carboxylic acids is 4. The molecule has 1 aliphatic rings. The topological polar surface area (TPSA) is 149 Å². The van der Waals surface area contributed by atoms with E-state index in [0.717, 1.165) is 0 Å². The predicted molar refractivity (Wildman–Crippen MR) is 61.1 cm³/mol. The van der Waals surface area contributed by atoms with Crippen molar-refractivity contribution in [2.24, 2.45) is 10.8 Å². The SMILES string of the molecule is Cl.O=C(O)C1(C(=O)O)CCCCC1(C(=O)O)C(=O)O. The third-order valence-electron chi connectivity index (χ3n) is 3.54. The van der Waals surface area contributed by atoms with E-state index >= 15 is 0 Å². The van der Waals surface area contributed by atoms with Crippen molar-refractivity contribution in [2.75, 3.05) is 0 Å². The van der Waals surface area contributed by atoms with Crippen LogP contribution < -0.4 is 0 Å². The maximum absolute atomic E-state index is 11.2. The van der Waals surface area contributed by atoms with Crippen molar-refractivity contribution < 1.29 is 39.6 Å². The Morgan fingerprint density at radius 3 is 1.00 bits per heavy atom. The van der Waals surface area contributed by atoms with Crippen LogP contribution in [0.5, 0.6) is 0 Å². The molecule has 19 heavy (non-hydrogen) atoms. The maximum atomic E-state index is 11.2. The van der Waals surface area contributed by atoms with Crippen LogP contribution in [0.2, 0.25) is 0 Å². The summed E-state index contributed by atoms with van der Waals surface area (Å²) < 4.78 is 0. The summed E-state index contributed by atoms with van der Waals surface area (Å²) in [4.78, 5) is 44.9. The van der Waals surface area contributed by atoms with Crippen LogP contribution in [-0.2, 0) is 19.2 Å². The number of carboxylic acids is 4. The van der Waals surface area contributed by atoms with Gasteiger partial charge in [-0.1, -0.05) is 12.8 Å². The molecule has 0 spiro atoms. The first-order valence-corrected chi connectivity index (χ1v) is 5.17. The Bertz CT molecular complexity index is 361. The van der Waals surface area contributed by atoms with E-state index in [2.05, 4.69) is 0 Å². The maximum Gasteiger partial charge on any atom is 0.322 e. The van der Waals surface area contributed by atoms with Gasteiger partial charge in [-0.3, -0.25) is 19.2 Å². The summed E-state index contributed by atoms with van der Waals surface area (Å²) in [7, 11) is 0. The standard InChI is InChI=1S/C10H12O8.ClH/c11-5(12)9(6(13)14)3-1-2-4-10(9,7(15)16)8(17)18;/h1-4H2,(H,11,12)(H,13,14)(H,15,16)(H,17,18);1H. The Morgan fingerprint density at radius 1 is 0.632 bits per heavy atom. The van der Waals surface area contributed by atoms with Gasteiger partial charge in [-0.2, -0.15) is 0 Å². The van der Waals surface area contributed by atoms with Gasteiger partial charge in [-0.15, -0.1) is 12.4 Å². The van der Waals surface area contributed by atoms with Gasteiger partial charge in [0, 0.05) is 0 Å². The molecule has 0 bridgehead atoms. The van der Waals surface area contributed by atoms with Crippen LogP contribution in [0.1, 0.15) is 25.7 Å². The van der Waals surface area contributed by atoms with Crippen LogP contribution in [0.15, 0.2) is 0 Å². The lowest BCUT2D eigenvalue weighted by Gasteiger charge is -2.41. The zero-order chi connectivity index (χ0) is 14.1. The molecule has 0 aromatic rings. The second-order valence-electron chi connectivity index (χ2n) is 4.24. The van der Waals surface area contributed by atoms with Gasteiger partial charge in [0.05, 0.1) is 0 Å². The fourth-order valence-electron chi connectivity index (χ4n) is 2.55. The van der Waals surface area contributed by atoms with Gasteiger partial charge in [-0.25, -0.2) is 0 Å². The molecule has 0 heterocycles. The third-order valence-corrected chi connectivity index (χ3v) is 3.54. The molecule has 0 amide bonds. The summed E-state index contributed by atoms with van der Waals surface area (Å²) in [6.45, 7) is 0. The van der Waals surface area contributed by atoms with E-state index in [4.69, 9.17) is 20.4 Å². The van der Waals surface area contributed by atoms with Crippen molar-refractivity contribution in [3.8, 4) is 0 Å². The molecule has 0 aromatic carbocycles. The quantitative estimate of drug-likeness (QED) is 0.541. The minimum absolute atomic E-state index is 0. The first kappa shape index (κ1) is 17.2. The highest BCUT2D eigenvalue weighted by Gasteiger charge is 2.71. The molecule has 0 radical (unpaired) electrons. The number of carbonyl (C=O) groups is 4. The Labute approximate surface area is 113 Å². The summed E-state index contributed by atoms with van der Waals surface area (Å²) >= 11 is 0. The van der Waals surface area contributed by atoms with E-state index in [1.54, 1.807) is 0 Å². The molecule has 9 heteroatoms. The van der Waals surface area contributed by atoms with E-state index in [1.165, 1.54) is 0 Å². The highest BCUT2D eigenvalue weighted by atomic mass is 35.5. The Kier molecular flexibility index (Phi) is 4.91. The summed E-state index contributed by atoms with van der Waals surface area (Å²) in [6, 6.07) is 0. The third kappa shape index (κ3) is 2.01. The van der Waals surface area contributed by atoms with E-state index < -0.39 is 47.5 Å². The van der Waals surface area contributed by atoms with E-state index in [-0.39, 0.29) is 25.2 Å². The van der Waals surface area contributed by atoms with E-state index in [9.17, 15) is 19.2 Å². The minimum Gasteiger partial charge on any atom is -0.480 e. The predicted octanol–water partition coefficient (Wildman–Crippen LogP) is 0.293. The van der Waals surface area contributed by atoms with E-state index in [0.29, 0.717) is 0 Å². The molecular weight excluding hydrogens is 284 g/mol. The van der Waals surface area contributed by atoms with Gasteiger partial charge in [-0.05, 0) is 12.8 Å². The number of hydrogen-bond donors (Lipinski definition) is 4. The van der Waals surface area contributed by atoms with Crippen molar-refractivity contribution in [3.05, 3.63) is 0 Å². The highest BCUT2D eigenvalue weighted by Crippen LogP contribution is 2.52. The van der Waals surface area contributed by atoms with Crippen LogP contribution in [0.3, 0.4) is 0 Å². The molecule has 1 fully saturated rings. The average molecular weight is 297 g/mol. The fourth-order valence-corrected chi connectivity index (χ4v) is 2.55. The Balaban J connectivity index is 0.00000324. The van der Waals surface area contributed by atoms with Gasteiger partial charge in [0.15, 0.2) is 10.8 Å². The zero-order valence-electron chi connectivity index (χ0n) is 9.66. The van der Waals surface area contributed by atoms with Gasteiger partial charge < -0.3 is 20.4 Å². The lowest BCUT2D eigenvalue weighted by Crippen LogP contribution is -2.62. The van der Waals surface area contributed by atoms with Crippen LogP contribution in [0.25, 0.3) is 0 Å². The van der Waals surface area contributed by atoms with Gasteiger partial charge in [0.1, 0.15) is 0 Å². The van der Waals surface area contributed by atoms with Gasteiger partial charge >= 0.3 is 23.9 Å². The summed E-state index contributed by atoms with van der Waals surface area (Å²) in [5, 5.41) is 36.3. The normalized spacial score (nSPS) is 19.8. The summed E-state index contributed by atoms with van der Waals surface area (Å²) in [5.41, 5.74) is -5.66. The van der Waals surface area contributed by atoms with E-state index in [1.807, 2.05) is 0 Å². The molecule has 1 rings (SSSR count). The number of halogens is 1. The fraction of sp³-hybridized carbons (Fsp3) is 0.600. The monoisotopic (exact) mass is 296 g/mol. The minimum atomic E-state index is -2.83. The Hall–Kier alpha value is -1.83. The second kappa shape index (κ2) is 5.43. The van der Waals surface area contributed by atoms with Gasteiger partial charge in [0.25, 0.3) is 0 Å². The number of hydrogen-bond acceptors (Lipinski definition) is 4. The molecule has 0 aliphatic heterocycles. The zero-order valence-corrected chi connectivity index (χ0v) is 10.5. The lowest BCUT2D eigenvalue weighted by atomic mass is 9.55. The van der Waals surface area contributed by atoms with Crippen LogP contribution >= 0.6 is 12.4 Å². The molecule has 0 saturated heterocycles. The molecule has 0 unspecified atom stereocenters. The molecule has 108 valence electrons. The molecule has 1 aliphatic carbocycles. The second-order valence-corrected chi connectivity index (χ2v) is 4.24. The highest BCUT2D eigenvalue weighted by molar-refractivity contribution is 6.13. The van der Waals surface area contributed by atoms with Crippen LogP contribution in [-0.4, -0.2) is 44.3 Å². The molecule has 0 atom stereocenters.